The van der Waals surface area contributed by atoms with Crippen molar-refractivity contribution in [2.75, 3.05) is 52.8 Å². The highest BCUT2D eigenvalue weighted by atomic mass is 16.6. The van der Waals surface area contributed by atoms with E-state index >= 15 is 0 Å². The molecule has 0 fully saturated rings. The van der Waals surface area contributed by atoms with Gasteiger partial charge in [-0.15, -0.1) is 0 Å². The summed E-state index contributed by atoms with van der Waals surface area (Å²) in [5, 5.41) is 0. The van der Waals surface area contributed by atoms with Gasteiger partial charge >= 0.3 is 0 Å². The molecule has 0 saturated heterocycles. The van der Waals surface area contributed by atoms with E-state index in [4.69, 9.17) is 19.0 Å². The second-order valence-electron chi connectivity index (χ2n) is 3.52. The molecule has 0 aliphatic heterocycles. The van der Waals surface area contributed by atoms with Crippen LogP contribution in [0, 0.1) is 0 Å². The Bertz CT molecular complexity index is 122. The maximum Gasteiger partial charge on any atom is 0.0701 e. The van der Waals surface area contributed by atoms with Crippen LogP contribution in [0.2, 0.25) is 0 Å². The number of hydroxylamine groups is 1. The Morgan fingerprint density at radius 2 is 1.35 bits per heavy atom. The molecule has 0 aliphatic carbocycles. The highest BCUT2D eigenvalue weighted by molar-refractivity contribution is 4.36. The van der Waals surface area contributed by atoms with Crippen LogP contribution >= 0.6 is 0 Å². The van der Waals surface area contributed by atoms with Gasteiger partial charge in [-0.2, -0.15) is 0 Å². The molecule has 0 spiro atoms. The first kappa shape index (κ1) is 16.8. The number of hydrogen-bond acceptors (Lipinski definition) is 5. The second-order valence-corrected chi connectivity index (χ2v) is 3.52. The minimum Gasteiger partial charge on any atom is -0.379 e. The summed E-state index contributed by atoms with van der Waals surface area (Å²) in [6, 6.07) is 0. The average molecular weight is 249 g/mol. The van der Waals surface area contributed by atoms with Crippen molar-refractivity contribution < 1.29 is 19.0 Å². The van der Waals surface area contributed by atoms with Crippen LogP contribution < -0.4 is 5.48 Å². The van der Waals surface area contributed by atoms with Crippen molar-refractivity contribution in [2.45, 2.75) is 26.7 Å². The fraction of sp³-hybridized carbons (Fsp3) is 1.00. The molecule has 0 rings (SSSR count). The predicted molar refractivity (Wildman–Crippen MR) is 67.0 cm³/mol. The Morgan fingerprint density at radius 3 is 1.94 bits per heavy atom. The zero-order valence-corrected chi connectivity index (χ0v) is 11.2. The molecule has 0 atom stereocenters. The van der Waals surface area contributed by atoms with Crippen molar-refractivity contribution in [2.24, 2.45) is 0 Å². The summed E-state index contributed by atoms with van der Waals surface area (Å²) < 4.78 is 16.0. The van der Waals surface area contributed by atoms with Crippen molar-refractivity contribution in [1.82, 2.24) is 5.48 Å². The molecule has 104 valence electrons. The van der Waals surface area contributed by atoms with E-state index in [9.17, 15) is 0 Å². The molecule has 0 radical (unpaired) electrons. The number of ether oxygens (including phenoxy) is 3. The molecule has 0 aromatic heterocycles. The first-order chi connectivity index (χ1) is 8.41. The third-order valence-corrected chi connectivity index (χ3v) is 1.98. The van der Waals surface area contributed by atoms with E-state index in [2.05, 4.69) is 12.4 Å². The van der Waals surface area contributed by atoms with Crippen molar-refractivity contribution >= 4 is 0 Å². The normalized spacial score (nSPS) is 10.9. The van der Waals surface area contributed by atoms with Gasteiger partial charge in [0.15, 0.2) is 0 Å². The Balaban J connectivity index is 2.85. The smallest absolute Gasteiger partial charge is 0.0701 e. The topological polar surface area (TPSA) is 49.0 Å². The zero-order chi connectivity index (χ0) is 12.6. The maximum absolute atomic E-state index is 5.35. The summed E-state index contributed by atoms with van der Waals surface area (Å²) in [5.41, 5.74) is 2.78. The average Bonchev–Trinajstić information content (AvgIpc) is 2.35. The molecule has 0 amide bonds. The molecule has 0 heterocycles. The Morgan fingerprint density at radius 1 is 0.765 bits per heavy atom. The third-order valence-electron chi connectivity index (χ3n) is 1.98. The van der Waals surface area contributed by atoms with E-state index in [-0.39, 0.29) is 0 Å². The highest BCUT2D eigenvalue weighted by Gasteiger charge is 1.91. The quantitative estimate of drug-likeness (QED) is 0.372. The van der Waals surface area contributed by atoms with Crippen molar-refractivity contribution in [3.05, 3.63) is 0 Å². The highest BCUT2D eigenvalue weighted by Crippen LogP contribution is 1.87. The monoisotopic (exact) mass is 249 g/mol. The first-order valence-corrected chi connectivity index (χ1v) is 6.49. The van der Waals surface area contributed by atoms with Gasteiger partial charge in [-0.05, 0) is 13.3 Å². The molecule has 5 heteroatoms. The fourth-order valence-electron chi connectivity index (χ4n) is 1.08. The van der Waals surface area contributed by atoms with E-state index in [0.717, 1.165) is 13.0 Å². The minimum atomic E-state index is 0.614. The molecule has 5 nitrogen and oxygen atoms in total. The van der Waals surface area contributed by atoms with Crippen LogP contribution in [0.3, 0.4) is 0 Å². The van der Waals surface area contributed by atoms with Gasteiger partial charge in [0.25, 0.3) is 0 Å². The summed E-state index contributed by atoms with van der Waals surface area (Å²) in [6.45, 7) is 9.47. The standard InChI is InChI=1S/C12H27NO4/c1-3-5-7-14-9-11-16-12-10-15-8-6-13-17-4-2/h13H,3-12H2,1-2H3. The SMILES string of the molecule is CCCCOCCOCCOCCNOCC. The lowest BCUT2D eigenvalue weighted by Crippen LogP contribution is -2.21. The van der Waals surface area contributed by atoms with E-state index in [1.54, 1.807) is 0 Å². The minimum absolute atomic E-state index is 0.614. The lowest BCUT2D eigenvalue weighted by Gasteiger charge is -2.07. The second kappa shape index (κ2) is 15.8. The molecule has 1 N–H and O–H groups in total. The van der Waals surface area contributed by atoms with Crippen LogP contribution in [-0.2, 0) is 19.0 Å². The Hall–Kier alpha value is -0.200. The summed E-state index contributed by atoms with van der Waals surface area (Å²) in [5.74, 6) is 0. The molecule has 0 aromatic rings. The lowest BCUT2D eigenvalue weighted by molar-refractivity contribution is -0.000568. The Labute approximate surface area is 105 Å². The van der Waals surface area contributed by atoms with Gasteiger partial charge in [-0.25, -0.2) is 5.48 Å². The molecule has 17 heavy (non-hydrogen) atoms. The number of rotatable bonds is 14. The van der Waals surface area contributed by atoms with Crippen molar-refractivity contribution in [3.8, 4) is 0 Å². The summed E-state index contributed by atoms with van der Waals surface area (Å²) in [7, 11) is 0. The van der Waals surface area contributed by atoms with Gasteiger partial charge in [-0.3, -0.25) is 0 Å². The van der Waals surface area contributed by atoms with Crippen LogP contribution in [0.15, 0.2) is 0 Å². The lowest BCUT2D eigenvalue weighted by atomic mass is 10.4. The van der Waals surface area contributed by atoms with Gasteiger partial charge in [0.2, 0.25) is 0 Å². The van der Waals surface area contributed by atoms with E-state index < -0.39 is 0 Å². The van der Waals surface area contributed by atoms with Crippen LogP contribution in [0.25, 0.3) is 0 Å². The molecular formula is C12H27NO4. The van der Waals surface area contributed by atoms with Gasteiger partial charge in [0.1, 0.15) is 0 Å². The zero-order valence-electron chi connectivity index (χ0n) is 11.2. The summed E-state index contributed by atoms with van der Waals surface area (Å²) in [6.07, 6.45) is 2.29. The number of nitrogens with one attached hydrogen (secondary N) is 1. The third kappa shape index (κ3) is 15.8. The molecule has 0 aliphatic rings. The van der Waals surface area contributed by atoms with Gasteiger partial charge in [-0.1, -0.05) is 13.3 Å². The molecule has 0 bridgehead atoms. The summed E-state index contributed by atoms with van der Waals surface area (Å²) >= 11 is 0. The van der Waals surface area contributed by atoms with Gasteiger partial charge in [0.05, 0.1) is 39.6 Å². The summed E-state index contributed by atoms with van der Waals surface area (Å²) in [4.78, 5) is 4.95. The molecular weight excluding hydrogens is 222 g/mol. The van der Waals surface area contributed by atoms with Crippen LogP contribution in [-0.4, -0.2) is 52.8 Å². The number of unbranched alkanes of at least 4 members (excludes halogenated alkanes) is 1. The van der Waals surface area contributed by atoms with E-state index in [0.29, 0.717) is 46.2 Å². The first-order valence-electron chi connectivity index (χ1n) is 6.49. The molecule has 0 aromatic carbocycles. The van der Waals surface area contributed by atoms with Crippen molar-refractivity contribution in [1.29, 1.82) is 0 Å². The molecule has 0 saturated carbocycles. The van der Waals surface area contributed by atoms with Crippen LogP contribution in [0.5, 0.6) is 0 Å². The fourth-order valence-corrected chi connectivity index (χ4v) is 1.08. The predicted octanol–water partition coefficient (Wildman–Crippen LogP) is 1.38. The van der Waals surface area contributed by atoms with Crippen molar-refractivity contribution in [3.63, 3.8) is 0 Å². The van der Waals surface area contributed by atoms with E-state index in [1.807, 2.05) is 6.92 Å². The van der Waals surface area contributed by atoms with Gasteiger partial charge < -0.3 is 19.0 Å². The molecule has 0 unspecified atom stereocenters. The van der Waals surface area contributed by atoms with Crippen LogP contribution in [0.1, 0.15) is 26.7 Å². The van der Waals surface area contributed by atoms with Crippen LogP contribution in [0.4, 0.5) is 0 Å². The number of hydrogen-bond donors (Lipinski definition) is 1. The Kier molecular flexibility index (Phi) is 15.6. The maximum atomic E-state index is 5.35. The van der Waals surface area contributed by atoms with Gasteiger partial charge in [0, 0.05) is 13.2 Å². The van der Waals surface area contributed by atoms with E-state index in [1.165, 1.54) is 6.42 Å². The largest absolute Gasteiger partial charge is 0.379 e.